The number of carbonyl (C=O) groups excluding carboxylic acids is 1. The molecule has 1 amide bonds. The van der Waals surface area contributed by atoms with Gasteiger partial charge >= 0.3 is 0 Å². The van der Waals surface area contributed by atoms with Gasteiger partial charge in [0, 0.05) is 22.7 Å². The van der Waals surface area contributed by atoms with E-state index in [2.05, 4.69) is 23.7 Å². The van der Waals surface area contributed by atoms with Crippen LogP contribution in [0.1, 0.15) is 15.9 Å². The van der Waals surface area contributed by atoms with Gasteiger partial charge in [0.2, 0.25) is 5.91 Å². The predicted octanol–water partition coefficient (Wildman–Crippen LogP) is 3.12. The van der Waals surface area contributed by atoms with E-state index in [1.165, 1.54) is 4.90 Å². The maximum absolute atomic E-state index is 11.0. The van der Waals surface area contributed by atoms with Crippen LogP contribution in [-0.4, -0.2) is 12.2 Å². The van der Waals surface area contributed by atoms with E-state index in [0.717, 1.165) is 17.8 Å². The standard InChI is InChI=1S/C15H16N2OS/c1-19-14-5-3-2-4-13(14)17-10-11-6-8-12(9-7-11)15(16)18/h2-9,17H,10H2,1H3,(H2,16,18). The topological polar surface area (TPSA) is 55.1 Å². The zero-order valence-electron chi connectivity index (χ0n) is 10.7. The van der Waals surface area contributed by atoms with E-state index in [1.807, 2.05) is 24.3 Å². The second-order valence-electron chi connectivity index (χ2n) is 4.12. The molecule has 98 valence electrons. The second kappa shape index (κ2) is 6.29. The lowest BCUT2D eigenvalue weighted by Crippen LogP contribution is -2.10. The van der Waals surface area contributed by atoms with Crippen LogP contribution in [-0.2, 0) is 6.54 Å². The Morgan fingerprint density at radius 3 is 2.47 bits per heavy atom. The average Bonchev–Trinajstić information content (AvgIpc) is 2.45. The first-order chi connectivity index (χ1) is 9.20. The number of para-hydroxylation sites is 1. The van der Waals surface area contributed by atoms with E-state index in [9.17, 15) is 4.79 Å². The number of nitrogens with two attached hydrogens (primary N) is 1. The third-order valence-electron chi connectivity index (χ3n) is 2.83. The van der Waals surface area contributed by atoms with Gasteiger partial charge in [0.1, 0.15) is 0 Å². The van der Waals surface area contributed by atoms with Crippen molar-refractivity contribution in [3.8, 4) is 0 Å². The first-order valence-corrected chi connectivity index (χ1v) is 7.19. The van der Waals surface area contributed by atoms with Crippen molar-refractivity contribution in [2.24, 2.45) is 5.73 Å². The highest BCUT2D eigenvalue weighted by Gasteiger charge is 2.02. The zero-order valence-corrected chi connectivity index (χ0v) is 11.5. The molecule has 0 saturated carbocycles. The molecule has 0 radical (unpaired) electrons. The molecule has 0 saturated heterocycles. The zero-order chi connectivity index (χ0) is 13.7. The molecule has 0 aliphatic carbocycles. The first kappa shape index (κ1) is 13.5. The molecule has 2 rings (SSSR count). The molecule has 0 heterocycles. The fourth-order valence-corrected chi connectivity index (χ4v) is 2.35. The molecule has 0 fully saturated rings. The Kier molecular flexibility index (Phi) is 4.47. The number of nitrogens with one attached hydrogen (secondary N) is 1. The van der Waals surface area contributed by atoms with Crippen LogP contribution in [0.5, 0.6) is 0 Å². The molecular weight excluding hydrogens is 256 g/mol. The second-order valence-corrected chi connectivity index (χ2v) is 4.96. The Balaban J connectivity index is 2.04. The van der Waals surface area contributed by atoms with Crippen LogP contribution in [0.15, 0.2) is 53.4 Å². The van der Waals surface area contributed by atoms with Crippen LogP contribution < -0.4 is 11.1 Å². The van der Waals surface area contributed by atoms with Crippen molar-refractivity contribution in [1.82, 2.24) is 0 Å². The molecule has 0 aromatic heterocycles. The van der Waals surface area contributed by atoms with E-state index < -0.39 is 5.91 Å². The number of hydrogen-bond acceptors (Lipinski definition) is 3. The highest BCUT2D eigenvalue weighted by Crippen LogP contribution is 2.25. The van der Waals surface area contributed by atoms with E-state index in [0.29, 0.717) is 5.56 Å². The smallest absolute Gasteiger partial charge is 0.248 e. The largest absolute Gasteiger partial charge is 0.380 e. The van der Waals surface area contributed by atoms with E-state index >= 15 is 0 Å². The van der Waals surface area contributed by atoms with Crippen LogP contribution >= 0.6 is 11.8 Å². The third-order valence-corrected chi connectivity index (χ3v) is 3.62. The summed E-state index contributed by atoms with van der Waals surface area (Å²) in [6.07, 6.45) is 2.06. The summed E-state index contributed by atoms with van der Waals surface area (Å²) in [6, 6.07) is 15.5. The van der Waals surface area contributed by atoms with Crippen molar-refractivity contribution in [2.75, 3.05) is 11.6 Å². The number of benzene rings is 2. The predicted molar refractivity (Wildman–Crippen MR) is 80.5 cm³/mol. The molecule has 0 atom stereocenters. The van der Waals surface area contributed by atoms with Gasteiger partial charge in [-0.05, 0) is 36.1 Å². The molecular formula is C15H16N2OS. The van der Waals surface area contributed by atoms with E-state index in [1.54, 1.807) is 23.9 Å². The molecule has 0 bridgehead atoms. The summed E-state index contributed by atoms with van der Waals surface area (Å²) >= 11 is 1.71. The molecule has 2 aromatic rings. The van der Waals surface area contributed by atoms with Gasteiger partial charge in [-0.3, -0.25) is 4.79 Å². The van der Waals surface area contributed by atoms with Gasteiger partial charge < -0.3 is 11.1 Å². The number of anilines is 1. The van der Waals surface area contributed by atoms with Crippen molar-refractivity contribution in [1.29, 1.82) is 0 Å². The minimum Gasteiger partial charge on any atom is -0.380 e. The number of carbonyl (C=O) groups is 1. The molecule has 3 N–H and O–H groups in total. The van der Waals surface area contributed by atoms with Gasteiger partial charge in [0.15, 0.2) is 0 Å². The number of rotatable bonds is 5. The minimum absolute atomic E-state index is 0.396. The highest BCUT2D eigenvalue weighted by atomic mass is 32.2. The maximum Gasteiger partial charge on any atom is 0.248 e. The summed E-state index contributed by atoms with van der Waals surface area (Å²) in [5.41, 5.74) is 7.98. The first-order valence-electron chi connectivity index (χ1n) is 5.96. The Hall–Kier alpha value is -1.94. The summed E-state index contributed by atoms with van der Waals surface area (Å²) in [4.78, 5) is 12.2. The molecule has 0 unspecified atom stereocenters. The van der Waals surface area contributed by atoms with Gasteiger partial charge in [-0.1, -0.05) is 24.3 Å². The van der Waals surface area contributed by atoms with Crippen LogP contribution in [0.2, 0.25) is 0 Å². The van der Waals surface area contributed by atoms with Crippen molar-refractivity contribution in [3.63, 3.8) is 0 Å². The van der Waals surface area contributed by atoms with Gasteiger partial charge in [-0.25, -0.2) is 0 Å². The molecule has 2 aromatic carbocycles. The molecule has 3 nitrogen and oxygen atoms in total. The Bertz CT molecular complexity index is 567. The lowest BCUT2D eigenvalue weighted by molar-refractivity contribution is 0.100. The Morgan fingerprint density at radius 2 is 1.84 bits per heavy atom. The number of primary amides is 1. The average molecular weight is 272 g/mol. The van der Waals surface area contributed by atoms with Crippen LogP contribution in [0.25, 0.3) is 0 Å². The molecule has 0 aliphatic rings. The summed E-state index contributed by atoms with van der Waals surface area (Å²) in [6.45, 7) is 0.719. The maximum atomic E-state index is 11.0. The fraction of sp³-hybridized carbons (Fsp3) is 0.133. The van der Waals surface area contributed by atoms with E-state index in [4.69, 9.17) is 5.73 Å². The van der Waals surface area contributed by atoms with Gasteiger partial charge in [0.05, 0.1) is 0 Å². The van der Waals surface area contributed by atoms with Crippen LogP contribution in [0, 0.1) is 0 Å². The van der Waals surface area contributed by atoms with Crippen LogP contribution in [0.3, 0.4) is 0 Å². The fourth-order valence-electron chi connectivity index (χ4n) is 1.77. The molecule has 0 aliphatic heterocycles. The van der Waals surface area contributed by atoms with Gasteiger partial charge in [-0.15, -0.1) is 11.8 Å². The highest BCUT2D eigenvalue weighted by molar-refractivity contribution is 7.98. The molecule has 4 heteroatoms. The summed E-state index contributed by atoms with van der Waals surface area (Å²) in [7, 11) is 0. The molecule has 0 spiro atoms. The summed E-state index contributed by atoms with van der Waals surface area (Å²) < 4.78 is 0. The quantitative estimate of drug-likeness (QED) is 0.822. The van der Waals surface area contributed by atoms with Crippen molar-refractivity contribution in [2.45, 2.75) is 11.4 Å². The lowest BCUT2D eigenvalue weighted by atomic mass is 10.1. The van der Waals surface area contributed by atoms with Crippen LogP contribution in [0.4, 0.5) is 5.69 Å². The normalized spacial score (nSPS) is 10.2. The Morgan fingerprint density at radius 1 is 1.16 bits per heavy atom. The summed E-state index contributed by atoms with van der Waals surface area (Å²) in [5, 5.41) is 3.39. The monoisotopic (exact) mass is 272 g/mol. The Labute approximate surface area is 117 Å². The lowest BCUT2D eigenvalue weighted by Gasteiger charge is -2.10. The molecule has 19 heavy (non-hydrogen) atoms. The van der Waals surface area contributed by atoms with Gasteiger partial charge in [0.25, 0.3) is 0 Å². The number of amides is 1. The minimum atomic E-state index is -0.396. The summed E-state index contributed by atoms with van der Waals surface area (Å²) in [5.74, 6) is -0.396. The third kappa shape index (κ3) is 3.51. The van der Waals surface area contributed by atoms with Crippen molar-refractivity contribution >= 4 is 23.4 Å². The van der Waals surface area contributed by atoms with Crippen molar-refractivity contribution in [3.05, 3.63) is 59.7 Å². The number of hydrogen-bond donors (Lipinski definition) is 2. The number of thioether (sulfide) groups is 1. The SMILES string of the molecule is CSc1ccccc1NCc1ccc(C(N)=O)cc1. The van der Waals surface area contributed by atoms with Gasteiger partial charge in [-0.2, -0.15) is 0 Å². The van der Waals surface area contributed by atoms with E-state index in [-0.39, 0.29) is 0 Å². The van der Waals surface area contributed by atoms with Crippen molar-refractivity contribution < 1.29 is 4.79 Å².